The van der Waals surface area contributed by atoms with Crippen molar-refractivity contribution in [3.05, 3.63) is 11.9 Å². The number of hydrogen-bond donors (Lipinski definition) is 1. The van der Waals surface area contributed by atoms with Crippen LogP contribution in [-0.2, 0) is 11.3 Å². The van der Waals surface area contributed by atoms with Gasteiger partial charge in [-0.15, -0.1) is 0 Å². The van der Waals surface area contributed by atoms with Crippen LogP contribution in [0.3, 0.4) is 0 Å². The number of hydrogen-bond acceptors (Lipinski definition) is 5. The molecule has 1 aliphatic rings. The van der Waals surface area contributed by atoms with E-state index in [1.165, 1.54) is 12.8 Å². The molecule has 1 saturated carbocycles. The molecule has 0 unspecified atom stereocenters. The number of anilines is 1. The van der Waals surface area contributed by atoms with E-state index < -0.39 is 0 Å². The fraction of sp³-hybridized carbons (Fsp3) is 0.667. The number of ether oxygens (including phenoxy) is 2. The van der Waals surface area contributed by atoms with Gasteiger partial charge in [-0.2, -0.15) is 4.98 Å². The maximum atomic E-state index is 5.65. The van der Waals surface area contributed by atoms with Gasteiger partial charge in [-0.25, -0.2) is 4.98 Å². The van der Waals surface area contributed by atoms with Crippen LogP contribution in [0.2, 0.25) is 0 Å². The fourth-order valence-electron chi connectivity index (χ4n) is 1.42. The summed E-state index contributed by atoms with van der Waals surface area (Å²) in [6, 6.07) is 1.82. The van der Waals surface area contributed by atoms with Crippen molar-refractivity contribution in [3.63, 3.8) is 0 Å². The Balaban J connectivity index is 2.00. The van der Waals surface area contributed by atoms with Crippen LogP contribution in [0.15, 0.2) is 6.07 Å². The number of rotatable bonds is 7. The predicted molar refractivity (Wildman–Crippen MR) is 65.1 cm³/mol. The highest BCUT2D eigenvalue weighted by Gasteiger charge is 2.22. The van der Waals surface area contributed by atoms with Crippen molar-refractivity contribution in [2.45, 2.75) is 26.4 Å². The summed E-state index contributed by atoms with van der Waals surface area (Å²) in [5, 5.41) is 3.00. The van der Waals surface area contributed by atoms with E-state index in [4.69, 9.17) is 9.47 Å². The lowest BCUT2D eigenvalue weighted by Crippen LogP contribution is -2.07. The summed E-state index contributed by atoms with van der Waals surface area (Å²) in [6.45, 7) is 3.79. The fourth-order valence-corrected chi connectivity index (χ4v) is 1.42. The molecule has 94 valence electrons. The molecule has 0 radical (unpaired) electrons. The van der Waals surface area contributed by atoms with E-state index in [0.29, 0.717) is 24.9 Å². The predicted octanol–water partition coefficient (Wildman–Crippen LogP) is 1.84. The number of nitrogens with zero attached hydrogens (tertiary/aromatic N) is 2. The Morgan fingerprint density at radius 1 is 1.41 bits per heavy atom. The quantitative estimate of drug-likeness (QED) is 0.784. The first-order chi connectivity index (χ1) is 8.31. The minimum Gasteiger partial charge on any atom is -0.477 e. The third-order valence-corrected chi connectivity index (χ3v) is 2.60. The summed E-state index contributed by atoms with van der Waals surface area (Å²) in [4.78, 5) is 8.63. The maximum absolute atomic E-state index is 5.65. The normalized spacial score (nSPS) is 14.7. The van der Waals surface area contributed by atoms with Crippen LogP contribution in [0.1, 0.15) is 25.6 Å². The average Bonchev–Trinajstić information content (AvgIpc) is 3.17. The van der Waals surface area contributed by atoms with Crippen molar-refractivity contribution in [3.8, 4) is 5.88 Å². The van der Waals surface area contributed by atoms with Gasteiger partial charge in [0.2, 0.25) is 5.88 Å². The molecular weight excluding hydrogens is 218 g/mol. The van der Waals surface area contributed by atoms with E-state index in [9.17, 15) is 0 Å². The summed E-state index contributed by atoms with van der Waals surface area (Å²) in [6.07, 6.45) is 2.55. The lowest BCUT2D eigenvalue weighted by atomic mass is 10.4. The second-order valence-electron chi connectivity index (χ2n) is 4.15. The standard InChI is InChI=1S/C12H19N3O2/c1-3-16-8-11-14-10(13-2)6-12(15-11)17-7-9-4-5-9/h6,9H,3-5,7-8H2,1-2H3,(H,13,14,15). The second-order valence-corrected chi connectivity index (χ2v) is 4.15. The summed E-state index contributed by atoms with van der Waals surface area (Å²) >= 11 is 0. The molecule has 2 rings (SSSR count). The van der Waals surface area contributed by atoms with E-state index in [1.807, 2.05) is 20.0 Å². The molecule has 0 aromatic carbocycles. The number of nitrogens with one attached hydrogen (secondary N) is 1. The minimum absolute atomic E-state index is 0.422. The van der Waals surface area contributed by atoms with E-state index in [-0.39, 0.29) is 0 Å². The Bertz CT molecular complexity index is 367. The van der Waals surface area contributed by atoms with Crippen LogP contribution >= 0.6 is 0 Å². The molecule has 0 aliphatic heterocycles. The van der Waals surface area contributed by atoms with Gasteiger partial charge in [-0.05, 0) is 25.7 Å². The lowest BCUT2D eigenvalue weighted by Gasteiger charge is -2.08. The first-order valence-electron chi connectivity index (χ1n) is 6.08. The monoisotopic (exact) mass is 237 g/mol. The van der Waals surface area contributed by atoms with E-state index >= 15 is 0 Å². The molecule has 0 bridgehead atoms. The summed E-state index contributed by atoms with van der Waals surface area (Å²) in [5.74, 6) is 2.77. The van der Waals surface area contributed by atoms with Crippen LogP contribution in [0.5, 0.6) is 5.88 Å². The molecule has 5 nitrogen and oxygen atoms in total. The van der Waals surface area contributed by atoms with Crippen molar-refractivity contribution >= 4 is 5.82 Å². The van der Waals surface area contributed by atoms with Gasteiger partial charge in [0.05, 0.1) is 6.61 Å². The van der Waals surface area contributed by atoms with E-state index in [1.54, 1.807) is 0 Å². The van der Waals surface area contributed by atoms with Gasteiger partial charge in [-0.1, -0.05) is 0 Å². The third kappa shape index (κ3) is 3.85. The SMILES string of the molecule is CCOCc1nc(NC)cc(OCC2CC2)n1. The molecule has 0 saturated heterocycles. The molecule has 1 N–H and O–H groups in total. The zero-order chi connectivity index (χ0) is 12.1. The molecule has 0 amide bonds. The van der Waals surface area contributed by atoms with Gasteiger partial charge >= 0.3 is 0 Å². The molecule has 0 atom stereocenters. The van der Waals surface area contributed by atoms with E-state index in [0.717, 1.165) is 18.3 Å². The lowest BCUT2D eigenvalue weighted by molar-refractivity contribution is 0.127. The molecule has 1 heterocycles. The highest BCUT2D eigenvalue weighted by molar-refractivity contribution is 5.37. The van der Waals surface area contributed by atoms with Crippen molar-refractivity contribution in [1.29, 1.82) is 0 Å². The molecule has 1 fully saturated rings. The molecule has 17 heavy (non-hydrogen) atoms. The minimum atomic E-state index is 0.422. The van der Waals surface area contributed by atoms with Gasteiger partial charge in [0.1, 0.15) is 12.4 Å². The molecule has 1 aromatic heterocycles. The van der Waals surface area contributed by atoms with Crippen molar-refractivity contribution < 1.29 is 9.47 Å². The smallest absolute Gasteiger partial charge is 0.218 e. The first kappa shape index (κ1) is 12.1. The van der Waals surface area contributed by atoms with Gasteiger partial charge in [0, 0.05) is 19.7 Å². The molecular formula is C12H19N3O2. The maximum Gasteiger partial charge on any atom is 0.218 e. The van der Waals surface area contributed by atoms with Crippen LogP contribution < -0.4 is 10.1 Å². The second kappa shape index (κ2) is 5.82. The largest absolute Gasteiger partial charge is 0.477 e. The molecule has 0 spiro atoms. The highest BCUT2D eigenvalue weighted by atomic mass is 16.5. The van der Waals surface area contributed by atoms with Crippen LogP contribution in [0.25, 0.3) is 0 Å². The average molecular weight is 237 g/mol. The summed E-state index contributed by atoms with van der Waals surface area (Å²) in [5.41, 5.74) is 0. The van der Waals surface area contributed by atoms with E-state index in [2.05, 4.69) is 15.3 Å². The van der Waals surface area contributed by atoms with Gasteiger partial charge in [-0.3, -0.25) is 0 Å². The van der Waals surface area contributed by atoms with Gasteiger partial charge in [0.15, 0.2) is 5.82 Å². The van der Waals surface area contributed by atoms with Crippen LogP contribution in [-0.4, -0.2) is 30.2 Å². The summed E-state index contributed by atoms with van der Waals surface area (Å²) in [7, 11) is 1.83. The third-order valence-electron chi connectivity index (χ3n) is 2.60. The topological polar surface area (TPSA) is 56.3 Å². The van der Waals surface area contributed by atoms with Gasteiger partial charge in [0.25, 0.3) is 0 Å². The van der Waals surface area contributed by atoms with Crippen molar-refractivity contribution in [2.75, 3.05) is 25.6 Å². The zero-order valence-corrected chi connectivity index (χ0v) is 10.4. The Morgan fingerprint density at radius 2 is 2.24 bits per heavy atom. The Morgan fingerprint density at radius 3 is 2.88 bits per heavy atom. The van der Waals surface area contributed by atoms with Gasteiger partial charge < -0.3 is 14.8 Å². The zero-order valence-electron chi connectivity index (χ0n) is 10.4. The van der Waals surface area contributed by atoms with Crippen LogP contribution in [0, 0.1) is 5.92 Å². The molecule has 1 aliphatic carbocycles. The Hall–Kier alpha value is -1.36. The number of aromatic nitrogens is 2. The summed E-state index contributed by atoms with van der Waals surface area (Å²) < 4.78 is 11.0. The van der Waals surface area contributed by atoms with Crippen LogP contribution in [0.4, 0.5) is 5.82 Å². The first-order valence-corrected chi connectivity index (χ1v) is 6.08. The Kier molecular flexibility index (Phi) is 4.14. The molecule has 5 heteroatoms. The highest BCUT2D eigenvalue weighted by Crippen LogP contribution is 2.29. The Labute approximate surface area is 102 Å². The van der Waals surface area contributed by atoms with Crippen molar-refractivity contribution in [1.82, 2.24) is 9.97 Å². The molecule has 1 aromatic rings. The van der Waals surface area contributed by atoms with Crippen molar-refractivity contribution in [2.24, 2.45) is 5.92 Å².